The van der Waals surface area contributed by atoms with Gasteiger partial charge in [0.2, 0.25) is 0 Å². The van der Waals surface area contributed by atoms with Crippen LogP contribution in [0.15, 0.2) is 12.1 Å². The van der Waals surface area contributed by atoms with Crippen LogP contribution in [0.4, 0.5) is 11.4 Å². The monoisotopic (exact) mass is 385 g/mol. The lowest BCUT2D eigenvalue weighted by molar-refractivity contribution is 0.431. The van der Waals surface area contributed by atoms with E-state index in [9.17, 15) is 0 Å². The first kappa shape index (κ1) is 18.5. The fourth-order valence-corrected chi connectivity index (χ4v) is 4.47. The Kier molecular flexibility index (Phi) is 5.53. The van der Waals surface area contributed by atoms with Crippen molar-refractivity contribution in [2.45, 2.75) is 57.3 Å². The molecule has 0 atom stereocenters. The van der Waals surface area contributed by atoms with Crippen LogP contribution in [-0.2, 0) is 0 Å². The number of hydrogen-bond acceptors (Lipinski definition) is 3. The number of aromatic nitrogens is 2. The summed E-state index contributed by atoms with van der Waals surface area (Å²) >= 11 is 5.52. The number of nitrogens with zero attached hydrogens (tertiary/aromatic N) is 3. The first-order chi connectivity index (χ1) is 13.1. The molecule has 146 valence electrons. The molecule has 0 amide bonds. The Morgan fingerprint density at radius 2 is 1.81 bits per heavy atom. The highest BCUT2D eigenvalue weighted by atomic mass is 32.1. The van der Waals surface area contributed by atoms with Gasteiger partial charge in [0, 0.05) is 33.1 Å². The smallest absolute Gasteiger partial charge is 0.172 e. The Labute approximate surface area is 167 Å². The van der Waals surface area contributed by atoms with Gasteiger partial charge < -0.3 is 20.1 Å². The van der Waals surface area contributed by atoms with Crippen molar-refractivity contribution in [3.05, 3.63) is 18.0 Å². The van der Waals surface area contributed by atoms with Gasteiger partial charge in [-0.15, -0.1) is 0 Å². The number of fused-ring (bicyclic) bond motifs is 1. The Morgan fingerprint density at radius 1 is 1.11 bits per heavy atom. The van der Waals surface area contributed by atoms with Crippen molar-refractivity contribution in [3.8, 4) is 0 Å². The van der Waals surface area contributed by atoms with E-state index in [1.165, 1.54) is 62.9 Å². The molecule has 2 aromatic rings. The quantitative estimate of drug-likeness (QED) is 0.739. The molecule has 5 nitrogen and oxygen atoms in total. The van der Waals surface area contributed by atoms with Crippen molar-refractivity contribution in [2.24, 2.45) is 0 Å². The number of aromatic amines is 1. The summed E-state index contributed by atoms with van der Waals surface area (Å²) in [4.78, 5) is 13.0. The topological polar surface area (TPSA) is 47.2 Å². The summed E-state index contributed by atoms with van der Waals surface area (Å²) in [6, 6.07) is 4.46. The van der Waals surface area contributed by atoms with E-state index >= 15 is 0 Å². The maximum absolute atomic E-state index is 5.52. The third-order valence-electron chi connectivity index (χ3n) is 5.95. The van der Waals surface area contributed by atoms with Crippen LogP contribution in [0.3, 0.4) is 0 Å². The average molecular weight is 386 g/mol. The highest BCUT2D eigenvalue weighted by Crippen LogP contribution is 2.36. The van der Waals surface area contributed by atoms with Crippen LogP contribution in [0, 0.1) is 0 Å². The largest absolute Gasteiger partial charge is 0.370 e. The standard InChI is InChI=1S/C21H31N5S/c1-25(2)21(27)24-18-13-16-17(14-19(18)26-11-7-4-8-12-26)23-20(22-16)15-9-5-3-6-10-15/h13-15H,3-12H2,1-2H3,(H,22,23)(H,24,27). The lowest BCUT2D eigenvalue weighted by Gasteiger charge is -2.31. The highest BCUT2D eigenvalue weighted by molar-refractivity contribution is 7.80. The average Bonchev–Trinajstić information content (AvgIpc) is 3.11. The van der Waals surface area contributed by atoms with Crippen molar-refractivity contribution in [1.82, 2.24) is 14.9 Å². The van der Waals surface area contributed by atoms with Crippen LogP contribution in [0.5, 0.6) is 0 Å². The van der Waals surface area contributed by atoms with Crippen molar-refractivity contribution in [1.29, 1.82) is 0 Å². The predicted octanol–water partition coefficient (Wildman–Crippen LogP) is 4.86. The summed E-state index contributed by atoms with van der Waals surface area (Å²) in [5, 5.41) is 4.19. The zero-order valence-electron chi connectivity index (χ0n) is 16.6. The zero-order valence-corrected chi connectivity index (χ0v) is 17.4. The number of rotatable bonds is 3. The molecule has 1 saturated carbocycles. The second kappa shape index (κ2) is 8.05. The minimum absolute atomic E-state index is 0.587. The van der Waals surface area contributed by atoms with Gasteiger partial charge in [0.1, 0.15) is 5.82 Å². The minimum atomic E-state index is 0.587. The molecule has 6 heteroatoms. The van der Waals surface area contributed by atoms with Gasteiger partial charge in [-0.25, -0.2) is 4.98 Å². The molecule has 2 fully saturated rings. The minimum Gasteiger partial charge on any atom is -0.370 e. The highest BCUT2D eigenvalue weighted by Gasteiger charge is 2.21. The third kappa shape index (κ3) is 4.05. The first-order valence-electron chi connectivity index (χ1n) is 10.4. The molecule has 0 spiro atoms. The molecule has 1 aromatic heterocycles. The third-order valence-corrected chi connectivity index (χ3v) is 6.42. The fourth-order valence-electron chi connectivity index (χ4n) is 4.36. The number of benzene rings is 1. The molecule has 4 rings (SSSR count). The zero-order chi connectivity index (χ0) is 18.8. The van der Waals surface area contributed by atoms with Crippen LogP contribution >= 0.6 is 12.2 Å². The SMILES string of the molecule is CN(C)C(=S)Nc1cc2[nH]c(C3CCCCC3)nc2cc1N1CCCCC1. The Balaban J connectivity index is 1.71. The van der Waals surface area contributed by atoms with Gasteiger partial charge >= 0.3 is 0 Å². The molecule has 1 aliphatic carbocycles. The maximum atomic E-state index is 5.52. The molecule has 2 heterocycles. The molecule has 0 bridgehead atoms. The van der Waals surface area contributed by atoms with E-state index < -0.39 is 0 Å². The lowest BCUT2D eigenvalue weighted by Crippen LogP contribution is -2.32. The molecule has 1 aliphatic heterocycles. The number of piperidine rings is 1. The normalized spacial score (nSPS) is 18.7. The van der Waals surface area contributed by atoms with Gasteiger partial charge in [0.25, 0.3) is 0 Å². The van der Waals surface area contributed by atoms with Crippen molar-refractivity contribution in [2.75, 3.05) is 37.4 Å². The summed E-state index contributed by atoms with van der Waals surface area (Å²) in [7, 11) is 3.96. The molecule has 2 aliphatic rings. The van der Waals surface area contributed by atoms with Crippen molar-refractivity contribution >= 4 is 39.7 Å². The van der Waals surface area contributed by atoms with Gasteiger partial charge in [-0.2, -0.15) is 0 Å². The number of anilines is 2. The van der Waals surface area contributed by atoms with Crippen molar-refractivity contribution in [3.63, 3.8) is 0 Å². The Morgan fingerprint density at radius 3 is 2.52 bits per heavy atom. The van der Waals surface area contributed by atoms with Crippen LogP contribution in [0.1, 0.15) is 63.1 Å². The van der Waals surface area contributed by atoms with Crippen LogP contribution < -0.4 is 10.2 Å². The first-order valence-corrected chi connectivity index (χ1v) is 10.8. The lowest BCUT2D eigenvalue weighted by atomic mass is 9.89. The van der Waals surface area contributed by atoms with E-state index in [-0.39, 0.29) is 0 Å². The second-order valence-electron chi connectivity index (χ2n) is 8.22. The maximum Gasteiger partial charge on any atom is 0.172 e. The summed E-state index contributed by atoms with van der Waals surface area (Å²) in [5.74, 6) is 1.76. The summed E-state index contributed by atoms with van der Waals surface area (Å²) in [5.41, 5.74) is 4.51. The van der Waals surface area contributed by atoms with Crippen LogP contribution in [0.25, 0.3) is 11.0 Å². The van der Waals surface area contributed by atoms with E-state index in [2.05, 4.69) is 27.3 Å². The molecule has 0 radical (unpaired) electrons. The number of nitrogens with one attached hydrogen (secondary N) is 2. The number of imidazole rings is 1. The van der Waals surface area contributed by atoms with Gasteiger partial charge in [-0.3, -0.25) is 0 Å². The predicted molar refractivity (Wildman–Crippen MR) is 118 cm³/mol. The summed E-state index contributed by atoms with van der Waals surface area (Å²) in [6.07, 6.45) is 10.4. The van der Waals surface area contributed by atoms with E-state index in [0.717, 1.165) is 34.9 Å². The fraction of sp³-hybridized carbons (Fsp3) is 0.619. The molecule has 2 N–H and O–H groups in total. The van der Waals surface area contributed by atoms with Crippen LogP contribution in [0.2, 0.25) is 0 Å². The second-order valence-corrected chi connectivity index (χ2v) is 8.60. The van der Waals surface area contributed by atoms with E-state index in [1.54, 1.807) is 0 Å². The molecular weight excluding hydrogens is 354 g/mol. The van der Waals surface area contributed by atoms with E-state index in [1.807, 2.05) is 19.0 Å². The van der Waals surface area contributed by atoms with Crippen molar-refractivity contribution < 1.29 is 0 Å². The molecule has 1 saturated heterocycles. The Hall–Kier alpha value is -1.82. The van der Waals surface area contributed by atoms with E-state index in [0.29, 0.717) is 5.92 Å². The number of thiocarbonyl (C=S) groups is 1. The van der Waals surface area contributed by atoms with Gasteiger partial charge in [-0.05, 0) is 56.5 Å². The molecule has 1 aromatic carbocycles. The van der Waals surface area contributed by atoms with E-state index in [4.69, 9.17) is 17.2 Å². The number of H-pyrrole nitrogens is 1. The molecule has 0 unspecified atom stereocenters. The molecule has 27 heavy (non-hydrogen) atoms. The summed E-state index contributed by atoms with van der Waals surface area (Å²) < 4.78 is 0. The van der Waals surface area contributed by atoms with Gasteiger partial charge in [0.15, 0.2) is 5.11 Å². The van der Waals surface area contributed by atoms with Gasteiger partial charge in [0.05, 0.1) is 22.4 Å². The number of hydrogen-bond donors (Lipinski definition) is 2. The summed E-state index contributed by atoms with van der Waals surface area (Å²) in [6.45, 7) is 2.21. The van der Waals surface area contributed by atoms with Gasteiger partial charge in [-0.1, -0.05) is 19.3 Å². The molecular formula is C21H31N5S. The van der Waals surface area contributed by atoms with Crippen LogP contribution in [-0.4, -0.2) is 47.2 Å². The Bertz CT molecular complexity index is 800.